The summed E-state index contributed by atoms with van der Waals surface area (Å²) in [4.78, 5) is 2.48. The molecule has 0 radical (unpaired) electrons. The van der Waals surface area contributed by atoms with Gasteiger partial charge in [-0.2, -0.15) is 0 Å². The molecule has 1 aromatic heterocycles. The quantitative estimate of drug-likeness (QED) is 0.811. The number of likely N-dealkylation sites (tertiary alicyclic amines) is 1. The highest BCUT2D eigenvalue weighted by Crippen LogP contribution is 2.27. The number of rotatable bonds is 6. The van der Waals surface area contributed by atoms with Crippen molar-refractivity contribution >= 4 is 0 Å². The minimum Gasteiger partial charge on any atom is -0.463 e. The van der Waals surface area contributed by atoms with Gasteiger partial charge in [-0.15, -0.1) is 0 Å². The normalized spacial score (nSPS) is 26.3. The maximum Gasteiger partial charge on any atom is 0.120 e. The molecule has 2 aliphatic rings. The van der Waals surface area contributed by atoms with E-state index in [-0.39, 0.29) is 0 Å². The number of ether oxygens (including phenoxy) is 1. The Labute approximate surface area is 121 Å². The van der Waals surface area contributed by atoms with Crippen molar-refractivity contribution in [2.24, 2.45) is 0 Å². The summed E-state index contributed by atoms with van der Waals surface area (Å²) in [5.74, 6) is 2.18. The first kappa shape index (κ1) is 14.1. The Morgan fingerprint density at radius 3 is 2.75 bits per heavy atom. The summed E-state index contributed by atoms with van der Waals surface area (Å²) >= 11 is 0. The summed E-state index contributed by atoms with van der Waals surface area (Å²) in [6.45, 7) is 9.24. The van der Waals surface area contributed by atoms with Crippen LogP contribution in [0, 0.1) is 6.92 Å². The average Bonchev–Trinajstić information content (AvgIpc) is 2.93. The highest BCUT2D eigenvalue weighted by atomic mass is 16.5. The lowest BCUT2D eigenvalue weighted by atomic mass is 10.2. The Bertz CT molecular complexity index is 432. The monoisotopic (exact) mass is 278 g/mol. The van der Waals surface area contributed by atoms with Gasteiger partial charge < -0.3 is 14.5 Å². The molecule has 2 aliphatic heterocycles. The van der Waals surface area contributed by atoms with E-state index in [0.29, 0.717) is 12.2 Å². The summed E-state index contributed by atoms with van der Waals surface area (Å²) in [7, 11) is 0. The Balaban J connectivity index is 1.56. The average molecular weight is 278 g/mol. The number of hydrogen-bond donors (Lipinski definition) is 1. The molecule has 4 heteroatoms. The fraction of sp³-hybridized carbons (Fsp3) is 0.750. The Hall–Kier alpha value is -0.840. The van der Waals surface area contributed by atoms with E-state index in [0.717, 1.165) is 50.7 Å². The van der Waals surface area contributed by atoms with E-state index in [4.69, 9.17) is 9.15 Å². The molecule has 2 bridgehead atoms. The van der Waals surface area contributed by atoms with Crippen molar-refractivity contribution in [2.75, 3.05) is 19.6 Å². The van der Waals surface area contributed by atoms with Crippen LogP contribution in [0.15, 0.2) is 10.5 Å². The molecule has 3 rings (SSSR count). The lowest BCUT2D eigenvalue weighted by Crippen LogP contribution is -2.41. The molecule has 0 aliphatic carbocycles. The van der Waals surface area contributed by atoms with E-state index in [1.165, 1.54) is 18.4 Å². The van der Waals surface area contributed by atoms with Crippen molar-refractivity contribution in [1.29, 1.82) is 0 Å². The van der Waals surface area contributed by atoms with Gasteiger partial charge in [0, 0.05) is 13.1 Å². The molecule has 1 N–H and O–H groups in total. The molecule has 0 aromatic carbocycles. The van der Waals surface area contributed by atoms with Crippen LogP contribution in [-0.4, -0.2) is 36.7 Å². The van der Waals surface area contributed by atoms with Crippen LogP contribution >= 0.6 is 0 Å². The highest BCUT2D eigenvalue weighted by molar-refractivity contribution is 5.20. The van der Waals surface area contributed by atoms with Gasteiger partial charge in [-0.05, 0) is 44.4 Å². The van der Waals surface area contributed by atoms with Gasteiger partial charge in [-0.3, -0.25) is 4.90 Å². The molecule has 4 nitrogen and oxygen atoms in total. The lowest BCUT2D eigenvalue weighted by Gasteiger charge is -2.31. The fourth-order valence-electron chi connectivity index (χ4n) is 3.27. The van der Waals surface area contributed by atoms with Crippen LogP contribution in [0.25, 0.3) is 0 Å². The van der Waals surface area contributed by atoms with Crippen molar-refractivity contribution in [1.82, 2.24) is 10.2 Å². The second-order valence-electron chi connectivity index (χ2n) is 6.15. The van der Waals surface area contributed by atoms with Crippen molar-refractivity contribution in [2.45, 2.75) is 58.4 Å². The molecule has 2 saturated heterocycles. The third kappa shape index (κ3) is 3.25. The van der Waals surface area contributed by atoms with Crippen LogP contribution in [0.2, 0.25) is 0 Å². The Morgan fingerprint density at radius 2 is 2.05 bits per heavy atom. The Morgan fingerprint density at radius 1 is 1.30 bits per heavy atom. The third-order valence-corrected chi connectivity index (χ3v) is 4.28. The van der Waals surface area contributed by atoms with E-state index in [2.05, 4.69) is 30.1 Å². The van der Waals surface area contributed by atoms with E-state index < -0.39 is 0 Å². The number of morpholine rings is 1. The predicted molar refractivity (Wildman–Crippen MR) is 78.6 cm³/mol. The van der Waals surface area contributed by atoms with Gasteiger partial charge in [0.25, 0.3) is 0 Å². The SMILES string of the molecule is CCCNCc1oc(CN2CC3CCC(C2)O3)cc1C. The molecule has 2 unspecified atom stereocenters. The number of fused-ring (bicyclic) bond motifs is 2. The van der Waals surface area contributed by atoms with Crippen LogP contribution < -0.4 is 5.32 Å². The van der Waals surface area contributed by atoms with Gasteiger partial charge in [-0.25, -0.2) is 0 Å². The number of furan rings is 1. The van der Waals surface area contributed by atoms with E-state index in [1.807, 2.05) is 0 Å². The maximum atomic E-state index is 6.01. The largest absolute Gasteiger partial charge is 0.463 e. The number of nitrogens with zero attached hydrogens (tertiary/aromatic N) is 1. The zero-order valence-electron chi connectivity index (χ0n) is 12.7. The minimum atomic E-state index is 0.454. The minimum absolute atomic E-state index is 0.454. The molecule has 0 amide bonds. The summed E-state index contributed by atoms with van der Waals surface area (Å²) in [6.07, 6.45) is 4.52. The van der Waals surface area contributed by atoms with Gasteiger partial charge >= 0.3 is 0 Å². The second kappa shape index (κ2) is 6.29. The molecule has 20 heavy (non-hydrogen) atoms. The molecule has 3 heterocycles. The van der Waals surface area contributed by atoms with Crippen LogP contribution in [0.1, 0.15) is 43.3 Å². The zero-order valence-corrected chi connectivity index (χ0v) is 12.7. The van der Waals surface area contributed by atoms with Gasteiger partial charge in [0.15, 0.2) is 0 Å². The molecule has 0 saturated carbocycles. The molecular formula is C16H26N2O2. The van der Waals surface area contributed by atoms with Gasteiger partial charge in [0.1, 0.15) is 11.5 Å². The van der Waals surface area contributed by atoms with Gasteiger partial charge in [0.2, 0.25) is 0 Å². The molecule has 0 spiro atoms. The summed E-state index contributed by atoms with van der Waals surface area (Å²) in [5, 5.41) is 3.41. The topological polar surface area (TPSA) is 37.6 Å². The number of nitrogens with one attached hydrogen (secondary N) is 1. The van der Waals surface area contributed by atoms with Crippen LogP contribution in [0.3, 0.4) is 0 Å². The third-order valence-electron chi connectivity index (χ3n) is 4.28. The zero-order chi connectivity index (χ0) is 13.9. The first-order valence-electron chi connectivity index (χ1n) is 7.91. The summed E-state index contributed by atoms with van der Waals surface area (Å²) in [5.41, 5.74) is 1.26. The summed E-state index contributed by atoms with van der Waals surface area (Å²) < 4.78 is 11.9. The molecule has 112 valence electrons. The van der Waals surface area contributed by atoms with Crippen molar-refractivity contribution in [3.63, 3.8) is 0 Å². The predicted octanol–water partition coefficient (Wildman–Crippen LogP) is 2.45. The Kier molecular flexibility index (Phi) is 4.44. The second-order valence-corrected chi connectivity index (χ2v) is 6.15. The molecule has 2 atom stereocenters. The first-order valence-corrected chi connectivity index (χ1v) is 7.91. The van der Waals surface area contributed by atoms with E-state index >= 15 is 0 Å². The van der Waals surface area contributed by atoms with E-state index in [1.54, 1.807) is 0 Å². The standard InChI is InChI=1S/C16H26N2O2/c1-3-6-17-8-16-12(2)7-15(20-16)11-18-9-13-4-5-14(10-18)19-13/h7,13-14,17H,3-6,8-11H2,1-2H3. The van der Waals surface area contributed by atoms with Crippen molar-refractivity contribution in [3.05, 3.63) is 23.2 Å². The van der Waals surface area contributed by atoms with Crippen LogP contribution in [0.4, 0.5) is 0 Å². The molecule has 1 aromatic rings. The highest BCUT2D eigenvalue weighted by Gasteiger charge is 2.33. The van der Waals surface area contributed by atoms with Crippen molar-refractivity contribution in [3.8, 4) is 0 Å². The summed E-state index contributed by atoms with van der Waals surface area (Å²) in [6, 6.07) is 2.19. The van der Waals surface area contributed by atoms with Gasteiger partial charge in [-0.1, -0.05) is 6.92 Å². The number of aryl methyl sites for hydroxylation is 1. The number of hydrogen-bond acceptors (Lipinski definition) is 4. The van der Waals surface area contributed by atoms with Crippen LogP contribution in [0.5, 0.6) is 0 Å². The maximum absolute atomic E-state index is 6.01. The smallest absolute Gasteiger partial charge is 0.120 e. The van der Waals surface area contributed by atoms with E-state index in [9.17, 15) is 0 Å². The fourth-order valence-corrected chi connectivity index (χ4v) is 3.27. The first-order chi connectivity index (χ1) is 9.74. The molecule has 2 fully saturated rings. The van der Waals surface area contributed by atoms with Crippen molar-refractivity contribution < 1.29 is 9.15 Å². The lowest BCUT2D eigenvalue weighted by molar-refractivity contribution is -0.0427. The molecular weight excluding hydrogens is 252 g/mol. The van der Waals surface area contributed by atoms with Crippen LogP contribution in [-0.2, 0) is 17.8 Å². The van der Waals surface area contributed by atoms with Gasteiger partial charge in [0.05, 0.1) is 25.3 Å².